The molecule has 18 heavy (non-hydrogen) atoms. The summed E-state index contributed by atoms with van der Waals surface area (Å²) in [5, 5.41) is 0. The lowest BCUT2D eigenvalue weighted by molar-refractivity contribution is 0.317. The Bertz CT molecular complexity index is 451. The molecule has 0 bridgehead atoms. The molecular formula is C14H18N2O2. The zero-order valence-electron chi connectivity index (χ0n) is 10.4. The minimum Gasteiger partial charge on any atom is -0.494 e. The summed E-state index contributed by atoms with van der Waals surface area (Å²) < 4.78 is 10.6. The third-order valence-corrected chi connectivity index (χ3v) is 2.73. The van der Waals surface area contributed by atoms with Crippen LogP contribution < -0.4 is 16.0 Å². The molecule has 1 atom stereocenters. The molecule has 0 aliphatic heterocycles. The van der Waals surface area contributed by atoms with Gasteiger partial charge in [-0.3, -0.25) is 5.84 Å². The number of ether oxygens (including phenoxy) is 1. The first-order valence-corrected chi connectivity index (χ1v) is 6.06. The van der Waals surface area contributed by atoms with Crippen LogP contribution in [0.4, 0.5) is 0 Å². The van der Waals surface area contributed by atoms with E-state index in [4.69, 9.17) is 15.0 Å². The lowest BCUT2D eigenvalue weighted by Gasteiger charge is -2.15. The Morgan fingerprint density at radius 1 is 1.22 bits per heavy atom. The van der Waals surface area contributed by atoms with Crippen molar-refractivity contribution in [1.29, 1.82) is 0 Å². The summed E-state index contributed by atoms with van der Waals surface area (Å²) in [6.45, 7) is 2.82. The van der Waals surface area contributed by atoms with Gasteiger partial charge in [-0.05, 0) is 30.2 Å². The molecule has 4 nitrogen and oxygen atoms in total. The molecule has 0 aliphatic rings. The Labute approximate surface area is 107 Å². The second-order valence-electron chi connectivity index (χ2n) is 4.07. The smallest absolute Gasteiger partial charge is 0.119 e. The molecule has 1 aromatic carbocycles. The topological polar surface area (TPSA) is 60.4 Å². The van der Waals surface area contributed by atoms with Crippen molar-refractivity contribution >= 4 is 0 Å². The molecule has 1 heterocycles. The molecule has 0 saturated carbocycles. The fourth-order valence-electron chi connectivity index (χ4n) is 1.80. The van der Waals surface area contributed by atoms with E-state index in [0.29, 0.717) is 0 Å². The van der Waals surface area contributed by atoms with Crippen LogP contribution in [0.3, 0.4) is 0 Å². The van der Waals surface area contributed by atoms with E-state index in [1.165, 1.54) is 0 Å². The molecule has 4 heteroatoms. The average Bonchev–Trinajstić information content (AvgIpc) is 2.93. The summed E-state index contributed by atoms with van der Waals surface area (Å²) in [5.74, 6) is 6.47. The molecule has 0 spiro atoms. The van der Waals surface area contributed by atoms with Crippen molar-refractivity contribution in [2.75, 3.05) is 6.61 Å². The predicted molar refractivity (Wildman–Crippen MR) is 70.1 cm³/mol. The van der Waals surface area contributed by atoms with Gasteiger partial charge < -0.3 is 9.15 Å². The van der Waals surface area contributed by atoms with Crippen LogP contribution in [0.5, 0.6) is 5.75 Å². The Morgan fingerprint density at radius 3 is 2.56 bits per heavy atom. The van der Waals surface area contributed by atoms with Gasteiger partial charge in [0.25, 0.3) is 0 Å². The van der Waals surface area contributed by atoms with Gasteiger partial charge in [0.1, 0.15) is 5.75 Å². The van der Waals surface area contributed by atoms with Gasteiger partial charge in [-0.25, -0.2) is 5.43 Å². The van der Waals surface area contributed by atoms with Gasteiger partial charge in [-0.2, -0.15) is 0 Å². The van der Waals surface area contributed by atoms with Crippen molar-refractivity contribution in [3.05, 3.63) is 54.0 Å². The van der Waals surface area contributed by atoms with E-state index < -0.39 is 0 Å². The van der Waals surface area contributed by atoms with Gasteiger partial charge in [0.15, 0.2) is 0 Å². The molecule has 1 unspecified atom stereocenters. The predicted octanol–water partition coefficient (Wildman–Crippen LogP) is 2.62. The Kier molecular flexibility index (Phi) is 4.39. The van der Waals surface area contributed by atoms with Crippen molar-refractivity contribution < 1.29 is 9.15 Å². The highest BCUT2D eigenvalue weighted by atomic mass is 16.5. The fraction of sp³-hybridized carbons (Fsp3) is 0.286. The fourth-order valence-corrected chi connectivity index (χ4v) is 1.80. The number of furan rings is 1. The van der Waals surface area contributed by atoms with Crippen LogP contribution in [0.1, 0.15) is 30.5 Å². The Hall–Kier alpha value is -1.78. The van der Waals surface area contributed by atoms with E-state index in [9.17, 15) is 0 Å². The molecule has 0 radical (unpaired) electrons. The number of hydrogen-bond acceptors (Lipinski definition) is 4. The van der Waals surface area contributed by atoms with E-state index in [1.54, 1.807) is 12.5 Å². The van der Waals surface area contributed by atoms with Gasteiger partial charge in [0, 0.05) is 5.56 Å². The van der Waals surface area contributed by atoms with Crippen LogP contribution in [0.25, 0.3) is 0 Å². The third-order valence-electron chi connectivity index (χ3n) is 2.73. The third kappa shape index (κ3) is 2.91. The molecule has 3 N–H and O–H groups in total. The monoisotopic (exact) mass is 246 g/mol. The van der Waals surface area contributed by atoms with Crippen molar-refractivity contribution in [3.63, 3.8) is 0 Å². The summed E-state index contributed by atoms with van der Waals surface area (Å²) in [7, 11) is 0. The van der Waals surface area contributed by atoms with Crippen molar-refractivity contribution in [1.82, 2.24) is 5.43 Å². The van der Waals surface area contributed by atoms with Crippen LogP contribution in [0.2, 0.25) is 0 Å². The summed E-state index contributed by atoms with van der Waals surface area (Å²) in [6.07, 6.45) is 4.33. The van der Waals surface area contributed by atoms with Gasteiger partial charge >= 0.3 is 0 Å². The van der Waals surface area contributed by atoms with E-state index in [0.717, 1.165) is 29.9 Å². The summed E-state index contributed by atoms with van der Waals surface area (Å²) >= 11 is 0. The minimum absolute atomic E-state index is 0.0658. The highest BCUT2D eigenvalue weighted by molar-refractivity contribution is 5.34. The van der Waals surface area contributed by atoms with Crippen molar-refractivity contribution in [2.24, 2.45) is 5.84 Å². The van der Waals surface area contributed by atoms with E-state index >= 15 is 0 Å². The molecule has 96 valence electrons. The molecule has 1 aromatic heterocycles. The van der Waals surface area contributed by atoms with Crippen LogP contribution in [0.15, 0.2) is 47.3 Å². The molecule has 0 aliphatic carbocycles. The second-order valence-corrected chi connectivity index (χ2v) is 4.07. The number of nitrogens with two attached hydrogens (primary N) is 1. The molecule has 0 saturated heterocycles. The maximum Gasteiger partial charge on any atom is 0.119 e. The number of rotatable bonds is 6. The average molecular weight is 246 g/mol. The van der Waals surface area contributed by atoms with Crippen LogP contribution in [-0.4, -0.2) is 6.61 Å². The first-order valence-electron chi connectivity index (χ1n) is 6.06. The zero-order valence-corrected chi connectivity index (χ0v) is 10.4. The molecule has 0 fully saturated rings. The number of hydrazine groups is 1. The van der Waals surface area contributed by atoms with Crippen LogP contribution in [0, 0.1) is 0 Å². The first-order chi connectivity index (χ1) is 8.85. The lowest BCUT2D eigenvalue weighted by Crippen LogP contribution is -2.28. The summed E-state index contributed by atoms with van der Waals surface area (Å²) in [6, 6.07) is 9.74. The lowest BCUT2D eigenvalue weighted by atomic mass is 10.0. The number of hydrogen-bond donors (Lipinski definition) is 2. The maximum absolute atomic E-state index is 5.59. The maximum atomic E-state index is 5.59. The molecule has 0 amide bonds. The van der Waals surface area contributed by atoms with Crippen LogP contribution in [-0.2, 0) is 0 Å². The van der Waals surface area contributed by atoms with Crippen molar-refractivity contribution in [2.45, 2.75) is 19.4 Å². The van der Waals surface area contributed by atoms with Gasteiger partial charge in [0.05, 0.1) is 25.2 Å². The number of benzene rings is 1. The van der Waals surface area contributed by atoms with Gasteiger partial charge in [-0.15, -0.1) is 0 Å². The highest BCUT2D eigenvalue weighted by Gasteiger charge is 2.13. The summed E-state index contributed by atoms with van der Waals surface area (Å²) in [4.78, 5) is 0. The normalized spacial score (nSPS) is 12.3. The largest absolute Gasteiger partial charge is 0.494 e. The quantitative estimate of drug-likeness (QED) is 0.607. The number of nitrogens with one attached hydrogen (secondary N) is 1. The van der Waals surface area contributed by atoms with Gasteiger partial charge in [0.2, 0.25) is 0 Å². The second kappa shape index (κ2) is 6.23. The van der Waals surface area contributed by atoms with E-state index in [-0.39, 0.29) is 6.04 Å². The van der Waals surface area contributed by atoms with E-state index in [1.807, 2.05) is 30.3 Å². The SMILES string of the molecule is CCCOc1ccc(C(NN)c2ccoc2)cc1. The highest BCUT2D eigenvalue weighted by Crippen LogP contribution is 2.23. The zero-order chi connectivity index (χ0) is 12.8. The Morgan fingerprint density at radius 2 is 2.00 bits per heavy atom. The minimum atomic E-state index is -0.0658. The van der Waals surface area contributed by atoms with E-state index in [2.05, 4.69) is 12.3 Å². The molecule has 2 aromatic rings. The van der Waals surface area contributed by atoms with Gasteiger partial charge in [-0.1, -0.05) is 19.1 Å². The first kappa shape index (κ1) is 12.7. The van der Waals surface area contributed by atoms with Crippen LogP contribution >= 0.6 is 0 Å². The molecular weight excluding hydrogens is 228 g/mol. The standard InChI is InChI=1S/C14H18N2O2/c1-2-8-18-13-5-3-11(4-6-13)14(16-15)12-7-9-17-10-12/h3-7,9-10,14,16H,2,8,15H2,1H3. The molecule has 2 rings (SSSR count). The summed E-state index contributed by atoms with van der Waals surface area (Å²) in [5.41, 5.74) is 4.85. The van der Waals surface area contributed by atoms with Crippen molar-refractivity contribution in [3.8, 4) is 5.75 Å². The Balaban J connectivity index is 2.12.